The fourth-order valence-electron chi connectivity index (χ4n) is 2.47. The van der Waals surface area contributed by atoms with Crippen LogP contribution in [0.3, 0.4) is 0 Å². The van der Waals surface area contributed by atoms with Crippen LogP contribution in [0.1, 0.15) is 31.1 Å². The van der Waals surface area contributed by atoms with Crippen LogP contribution in [-0.2, 0) is 14.3 Å². The largest absolute Gasteiger partial charge is 0.493 e. The molecule has 1 N–H and O–H groups in total. The normalized spacial score (nSPS) is 10.9. The number of Topliss-reactive ketones (excluding diaryl/α,β-unsaturated/α-hetero) is 1. The van der Waals surface area contributed by atoms with Crippen molar-refractivity contribution in [2.45, 2.75) is 25.7 Å². The summed E-state index contributed by atoms with van der Waals surface area (Å²) in [5, 5.41) is 2.78. The van der Waals surface area contributed by atoms with Gasteiger partial charge in [0.1, 0.15) is 6.61 Å². The molecule has 172 valence electrons. The molecular formula is C24H29NO6S. The predicted octanol–water partition coefficient (Wildman–Crippen LogP) is 3.75. The predicted molar refractivity (Wildman–Crippen MR) is 123 cm³/mol. The Morgan fingerprint density at radius 2 is 1.62 bits per heavy atom. The SMILES string of the molecule is COc1ccccc1OCCNC(=O)CSc1ccccc1C(=O)OCC(=O)C(C)(C)C. The number of hydrogen-bond donors (Lipinski definition) is 1. The molecule has 2 rings (SSSR count). The van der Waals surface area contributed by atoms with Crippen LogP contribution in [0.15, 0.2) is 53.4 Å². The van der Waals surface area contributed by atoms with Crippen molar-refractivity contribution >= 4 is 29.4 Å². The number of carbonyl (C=O) groups is 3. The summed E-state index contributed by atoms with van der Waals surface area (Å²) in [5.74, 6) is 0.421. The highest BCUT2D eigenvalue weighted by Crippen LogP contribution is 2.26. The summed E-state index contributed by atoms with van der Waals surface area (Å²) in [4.78, 5) is 37.2. The van der Waals surface area contributed by atoms with Gasteiger partial charge in [-0.2, -0.15) is 0 Å². The molecule has 0 bridgehead atoms. The molecule has 7 nitrogen and oxygen atoms in total. The third-order valence-electron chi connectivity index (χ3n) is 4.39. The zero-order chi connectivity index (χ0) is 23.6. The van der Waals surface area contributed by atoms with E-state index in [2.05, 4.69) is 5.32 Å². The van der Waals surface area contributed by atoms with Gasteiger partial charge in [-0.05, 0) is 24.3 Å². The number of carbonyl (C=O) groups excluding carboxylic acids is 3. The van der Waals surface area contributed by atoms with Crippen LogP contribution in [0.4, 0.5) is 0 Å². The van der Waals surface area contributed by atoms with Gasteiger partial charge in [0.2, 0.25) is 5.91 Å². The van der Waals surface area contributed by atoms with E-state index in [-0.39, 0.29) is 24.1 Å². The lowest BCUT2D eigenvalue weighted by Gasteiger charge is -2.16. The number of benzene rings is 2. The molecule has 0 heterocycles. The number of esters is 1. The van der Waals surface area contributed by atoms with Crippen molar-refractivity contribution in [1.29, 1.82) is 0 Å². The second kappa shape index (κ2) is 12.1. The van der Waals surface area contributed by atoms with Gasteiger partial charge < -0.3 is 19.5 Å². The topological polar surface area (TPSA) is 90.9 Å². The Hall–Kier alpha value is -3.00. The molecule has 0 saturated carbocycles. The zero-order valence-corrected chi connectivity index (χ0v) is 19.6. The first kappa shape index (κ1) is 25.3. The van der Waals surface area contributed by atoms with E-state index in [0.29, 0.717) is 35.1 Å². The summed E-state index contributed by atoms with van der Waals surface area (Å²) in [5.41, 5.74) is -0.256. The van der Waals surface area contributed by atoms with Crippen LogP contribution in [0, 0.1) is 5.41 Å². The van der Waals surface area contributed by atoms with Crippen molar-refractivity contribution in [3.63, 3.8) is 0 Å². The molecule has 0 unspecified atom stereocenters. The first-order chi connectivity index (χ1) is 15.2. The molecule has 0 aromatic heterocycles. The van der Waals surface area contributed by atoms with Crippen LogP contribution in [0.25, 0.3) is 0 Å². The van der Waals surface area contributed by atoms with Crippen molar-refractivity contribution in [3.05, 3.63) is 54.1 Å². The van der Waals surface area contributed by atoms with Gasteiger partial charge in [-0.25, -0.2) is 4.79 Å². The second-order valence-corrected chi connectivity index (χ2v) is 8.90. The number of nitrogens with one attached hydrogen (secondary N) is 1. The molecule has 0 aliphatic heterocycles. The summed E-state index contributed by atoms with van der Waals surface area (Å²) in [7, 11) is 1.57. The highest BCUT2D eigenvalue weighted by atomic mass is 32.2. The lowest BCUT2D eigenvalue weighted by Crippen LogP contribution is -2.29. The van der Waals surface area contributed by atoms with E-state index in [1.54, 1.807) is 64.3 Å². The Balaban J connectivity index is 1.80. The summed E-state index contributed by atoms with van der Waals surface area (Å²) in [6.45, 7) is 5.65. The van der Waals surface area contributed by atoms with E-state index in [1.807, 2.05) is 12.1 Å². The van der Waals surface area contributed by atoms with E-state index < -0.39 is 11.4 Å². The van der Waals surface area contributed by atoms with E-state index >= 15 is 0 Å². The Labute approximate surface area is 192 Å². The number of thioether (sulfide) groups is 1. The van der Waals surface area contributed by atoms with Gasteiger partial charge >= 0.3 is 5.97 Å². The standard InChI is InChI=1S/C24H29NO6S/c1-24(2,3)21(26)15-31-23(28)17-9-5-8-12-20(17)32-16-22(27)25-13-14-30-19-11-7-6-10-18(19)29-4/h5-12H,13-16H2,1-4H3,(H,25,27). The fourth-order valence-corrected chi connectivity index (χ4v) is 3.34. The molecule has 1 amide bonds. The number of para-hydroxylation sites is 2. The lowest BCUT2D eigenvalue weighted by molar-refractivity contribution is -0.129. The molecule has 2 aromatic carbocycles. The number of methoxy groups -OCH3 is 1. The third-order valence-corrected chi connectivity index (χ3v) is 5.46. The van der Waals surface area contributed by atoms with E-state index in [1.165, 1.54) is 11.8 Å². The van der Waals surface area contributed by atoms with Crippen molar-refractivity contribution < 1.29 is 28.6 Å². The summed E-state index contributed by atoms with van der Waals surface area (Å²) in [6.07, 6.45) is 0. The van der Waals surface area contributed by atoms with Gasteiger partial charge in [0.25, 0.3) is 0 Å². The Bertz CT molecular complexity index is 938. The average molecular weight is 460 g/mol. The van der Waals surface area contributed by atoms with Crippen LogP contribution in [0.5, 0.6) is 11.5 Å². The number of hydrogen-bond acceptors (Lipinski definition) is 7. The van der Waals surface area contributed by atoms with E-state index in [4.69, 9.17) is 14.2 Å². The molecule has 0 aliphatic rings. The Morgan fingerprint density at radius 1 is 0.969 bits per heavy atom. The van der Waals surface area contributed by atoms with Crippen LogP contribution >= 0.6 is 11.8 Å². The molecule has 2 aromatic rings. The molecule has 0 spiro atoms. The summed E-state index contributed by atoms with van der Waals surface area (Å²) in [6, 6.07) is 14.1. The minimum atomic E-state index is -0.587. The quantitative estimate of drug-likeness (QED) is 0.311. The van der Waals surface area contributed by atoms with Crippen molar-refractivity contribution in [2.75, 3.05) is 32.6 Å². The molecule has 0 atom stereocenters. The van der Waals surface area contributed by atoms with Crippen molar-refractivity contribution in [2.24, 2.45) is 5.41 Å². The minimum absolute atomic E-state index is 0.125. The maximum absolute atomic E-state index is 12.4. The molecule has 8 heteroatoms. The molecule has 0 saturated heterocycles. The van der Waals surface area contributed by atoms with Gasteiger partial charge in [-0.1, -0.05) is 45.0 Å². The molecule has 32 heavy (non-hydrogen) atoms. The van der Waals surface area contributed by atoms with Crippen LogP contribution in [0.2, 0.25) is 0 Å². The van der Waals surface area contributed by atoms with Crippen molar-refractivity contribution in [1.82, 2.24) is 5.32 Å². The zero-order valence-electron chi connectivity index (χ0n) is 18.8. The maximum atomic E-state index is 12.4. The van der Waals surface area contributed by atoms with Gasteiger partial charge in [0, 0.05) is 10.3 Å². The second-order valence-electron chi connectivity index (χ2n) is 7.88. The molecule has 0 radical (unpaired) electrons. The number of ether oxygens (including phenoxy) is 3. The number of rotatable bonds is 11. The Morgan fingerprint density at radius 3 is 2.31 bits per heavy atom. The molecular weight excluding hydrogens is 430 g/mol. The van der Waals surface area contributed by atoms with Crippen molar-refractivity contribution in [3.8, 4) is 11.5 Å². The van der Waals surface area contributed by atoms with Crippen LogP contribution in [-0.4, -0.2) is 50.3 Å². The van der Waals surface area contributed by atoms with Gasteiger partial charge in [0.05, 0.1) is 25.0 Å². The van der Waals surface area contributed by atoms with Crippen LogP contribution < -0.4 is 14.8 Å². The fraction of sp³-hybridized carbons (Fsp3) is 0.375. The van der Waals surface area contributed by atoms with Gasteiger partial charge in [-0.15, -0.1) is 11.8 Å². The maximum Gasteiger partial charge on any atom is 0.339 e. The van der Waals surface area contributed by atoms with Gasteiger partial charge in [0.15, 0.2) is 23.9 Å². The van der Waals surface area contributed by atoms with Gasteiger partial charge in [-0.3, -0.25) is 9.59 Å². The summed E-state index contributed by atoms with van der Waals surface area (Å²) < 4.78 is 16.0. The minimum Gasteiger partial charge on any atom is -0.493 e. The average Bonchev–Trinajstić information content (AvgIpc) is 2.78. The van der Waals surface area contributed by atoms with E-state index in [0.717, 1.165) is 0 Å². The highest BCUT2D eigenvalue weighted by Gasteiger charge is 2.23. The smallest absolute Gasteiger partial charge is 0.339 e. The monoisotopic (exact) mass is 459 g/mol. The Kier molecular flexibility index (Phi) is 9.59. The number of amides is 1. The van der Waals surface area contributed by atoms with E-state index in [9.17, 15) is 14.4 Å². The molecule has 0 fully saturated rings. The number of ketones is 1. The molecule has 0 aliphatic carbocycles. The highest BCUT2D eigenvalue weighted by molar-refractivity contribution is 8.00. The summed E-state index contributed by atoms with van der Waals surface area (Å²) >= 11 is 1.23. The lowest BCUT2D eigenvalue weighted by atomic mass is 9.91. The first-order valence-electron chi connectivity index (χ1n) is 10.2. The first-order valence-corrected chi connectivity index (χ1v) is 11.2. The third kappa shape index (κ3) is 7.92.